The molecule has 2 heterocycles. The van der Waals surface area contributed by atoms with Crippen LogP contribution in [0.15, 0.2) is 65.8 Å². The molecule has 0 unspecified atom stereocenters. The molecule has 2 aromatic heterocycles. The van der Waals surface area contributed by atoms with Crippen LogP contribution in [-0.4, -0.2) is 50.1 Å². The van der Waals surface area contributed by atoms with Gasteiger partial charge in [0.2, 0.25) is 11.1 Å². The van der Waals surface area contributed by atoms with Gasteiger partial charge in [-0.3, -0.25) is 35.5 Å². The number of hydrazine groups is 1. The molecule has 0 radical (unpaired) electrons. The molecule has 0 bridgehead atoms. The molecule has 0 saturated heterocycles. The standard InChI is InChI=1S/C29H28ClN7O4S2/c30-16-24(38)33-34-25(39)17-42-29-35-32-23(37(29)36-27(41)19-11-5-2-6-12-19)15-21-20-13-7-8-14-22(20)43-28(21)31-26(40)18-9-3-1-4-10-18/h1-6,9-12H,7-8,13-17H2,(H,31,40)(H,33,38)(H,34,39)(H,36,41). The van der Waals surface area contributed by atoms with Crippen molar-refractivity contribution in [3.63, 3.8) is 0 Å². The Morgan fingerprint density at radius 2 is 1.51 bits per heavy atom. The van der Waals surface area contributed by atoms with Gasteiger partial charge in [0, 0.05) is 22.4 Å². The quantitative estimate of drug-likeness (QED) is 0.117. The molecule has 43 heavy (non-hydrogen) atoms. The molecule has 4 amide bonds. The Kier molecular flexibility index (Phi) is 10.1. The number of benzene rings is 2. The molecule has 0 saturated carbocycles. The molecular weight excluding hydrogens is 610 g/mol. The number of alkyl halides is 1. The summed E-state index contributed by atoms with van der Waals surface area (Å²) >= 11 is 8.06. The van der Waals surface area contributed by atoms with E-state index in [9.17, 15) is 19.2 Å². The third kappa shape index (κ3) is 7.61. The van der Waals surface area contributed by atoms with Crippen LogP contribution in [-0.2, 0) is 28.9 Å². The summed E-state index contributed by atoms with van der Waals surface area (Å²) in [5.41, 5.74) is 10.5. The average Bonchev–Trinajstić information content (AvgIpc) is 3.59. The van der Waals surface area contributed by atoms with Crippen molar-refractivity contribution in [2.45, 2.75) is 37.3 Å². The highest BCUT2D eigenvalue weighted by molar-refractivity contribution is 7.99. The Balaban J connectivity index is 1.43. The molecule has 4 aromatic rings. The number of nitrogens with one attached hydrogen (secondary N) is 4. The lowest BCUT2D eigenvalue weighted by Gasteiger charge is -2.15. The van der Waals surface area contributed by atoms with Gasteiger partial charge in [-0.15, -0.1) is 33.1 Å². The van der Waals surface area contributed by atoms with Crippen molar-refractivity contribution in [3.8, 4) is 0 Å². The average molecular weight is 638 g/mol. The first kappa shape index (κ1) is 30.3. The fourth-order valence-corrected chi connectivity index (χ4v) is 6.64. The lowest BCUT2D eigenvalue weighted by molar-refractivity contribution is -0.126. The van der Waals surface area contributed by atoms with Gasteiger partial charge in [-0.1, -0.05) is 48.2 Å². The maximum atomic E-state index is 13.2. The van der Waals surface area contributed by atoms with Crippen molar-refractivity contribution in [3.05, 3.63) is 93.6 Å². The number of carbonyl (C=O) groups excluding carboxylic acids is 4. The maximum absolute atomic E-state index is 13.2. The van der Waals surface area contributed by atoms with Gasteiger partial charge in [-0.25, -0.2) is 4.68 Å². The minimum absolute atomic E-state index is 0.117. The van der Waals surface area contributed by atoms with Gasteiger partial charge in [-0.2, -0.15) is 0 Å². The van der Waals surface area contributed by atoms with Crippen LogP contribution in [0.1, 0.15) is 55.4 Å². The summed E-state index contributed by atoms with van der Waals surface area (Å²) < 4.78 is 1.47. The summed E-state index contributed by atoms with van der Waals surface area (Å²) in [6, 6.07) is 17.7. The number of aromatic nitrogens is 3. The number of thiophene rings is 1. The van der Waals surface area contributed by atoms with Crippen LogP contribution in [0.5, 0.6) is 0 Å². The molecule has 0 aliphatic heterocycles. The molecule has 0 fully saturated rings. The topological polar surface area (TPSA) is 147 Å². The highest BCUT2D eigenvalue weighted by Gasteiger charge is 2.26. The van der Waals surface area contributed by atoms with E-state index in [4.69, 9.17) is 11.6 Å². The summed E-state index contributed by atoms with van der Waals surface area (Å²) in [6.45, 7) is 0. The summed E-state index contributed by atoms with van der Waals surface area (Å²) in [7, 11) is 0. The van der Waals surface area contributed by atoms with E-state index in [1.807, 2.05) is 24.3 Å². The van der Waals surface area contributed by atoms with Crippen LogP contribution in [0.25, 0.3) is 0 Å². The normalized spacial score (nSPS) is 12.2. The number of aryl methyl sites for hydroxylation is 1. The van der Waals surface area contributed by atoms with Gasteiger partial charge in [0.05, 0.1) is 10.8 Å². The molecule has 11 nitrogen and oxygen atoms in total. The van der Waals surface area contributed by atoms with E-state index in [0.29, 0.717) is 17.0 Å². The molecule has 0 spiro atoms. The van der Waals surface area contributed by atoms with Gasteiger partial charge >= 0.3 is 0 Å². The fourth-order valence-electron chi connectivity index (χ4n) is 4.56. The van der Waals surface area contributed by atoms with Crippen LogP contribution < -0.4 is 21.6 Å². The summed E-state index contributed by atoms with van der Waals surface area (Å²) in [5.74, 6) is -1.61. The molecule has 0 atom stereocenters. The van der Waals surface area contributed by atoms with E-state index < -0.39 is 11.8 Å². The van der Waals surface area contributed by atoms with Crippen LogP contribution in [0.2, 0.25) is 0 Å². The predicted octanol–water partition coefficient (Wildman–Crippen LogP) is 3.92. The zero-order chi connectivity index (χ0) is 30.2. The Morgan fingerprint density at radius 1 is 0.860 bits per heavy atom. The van der Waals surface area contributed by atoms with E-state index in [1.165, 1.54) is 15.1 Å². The second kappa shape index (κ2) is 14.3. The number of rotatable bonds is 10. The Morgan fingerprint density at radius 3 is 2.21 bits per heavy atom. The minimum atomic E-state index is -0.546. The molecular formula is C29H28ClN7O4S2. The number of amides is 4. The highest BCUT2D eigenvalue weighted by atomic mass is 35.5. The van der Waals surface area contributed by atoms with Crippen LogP contribution in [0.4, 0.5) is 5.00 Å². The number of hydrogen-bond acceptors (Lipinski definition) is 8. The number of halogens is 1. The van der Waals surface area contributed by atoms with Crippen molar-refractivity contribution in [2.75, 3.05) is 22.4 Å². The first-order valence-corrected chi connectivity index (χ1v) is 15.8. The van der Waals surface area contributed by atoms with Crippen LogP contribution in [0, 0.1) is 0 Å². The molecule has 1 aliphatic rings. The fraction of sp³-hybridized carbons (Fsp3) is 0.241. The zero-order valence-corrected chi connectivity index (χ0v) is 25.3. The van der Waals surface area contributed by atoms with Gasteiger partial charge in [0.25, 0.3) is 17.7 Å². The minimum Gasteiger partial charge on any atom is -0.313 e. The SMILES string of the molecule is O=C(CCl)NNC(=O)CSc1nnc(Cc2c(NC(=O)c3ccccc3)sc3c2CCCC3)n1NC(=O)c1ccccc1. The largest absolute Gasteiger partial charge is 0.313 e. The lowest BCUT2D eigenvalue weighted by atomic mass is 9.94. The van der Waals surface area contributed by atoms with E-state index in [2.05, 4.69) is 31.8 Å². The number of nitrogens with zero attached hydrogens (tertiary/aromatic N) is 3. The second-order valence-corrected chi connectivity index (χ2v) is 11.9. The molecule has 2 aromatic carbocycles. The highest BCUT2D eigenvalue weighted by Crippen LogP contribution is 2.39. The van der Waals surface area contributed by atoms with Crippen LogP contribution in [0.3, 0.4) is 0 Å². The van der Waals surface area contributed by atoms with Crippen molar-refractivity contribution in [2.24, 2.45) is 0 Å². The molecule has 222 valence electrons. The van der Waals surface area contributed by atoms with E-state index >= 15 is 0 Å². The van der Waals surface area contributed by atoms with Gasteiger partial charge < -0.3 is 5.32 Å². The molecule has 14 heteroatoms. The third-order valence-electron chi connectivity index (χ3n) is 6.62. The zero-order valence-electron chi connectivity index (χ0n) is 22.9. The Bertz CT molecular complexity index is 1630. The first-order chi connectivity index (χ1) is 20.9. The van der Waals surface area contributed by atoms with Crippen molar-refractivity contribution >= 4 is 63.3 Å². The van der Waals surface area contributed by atoms with E-state index in [-0.39, 0.29) is 35.0 Å². The number of thioether (sulfide) groups is 1. The maximum Gasteiger partial charge on any atom is 0.270 e. The number of hydrogen-bond donors (Lipinski definition) is 4. The summed E-state index contributed by atoms with van der Waals surface area (Å²) in [4.78, 5) is 51.2. The van der Waals surface area contributed by atoms with Crippen molar-refractivity contribution in [1.82, 2.24) is 25.7 Å². The third-order valence-corrected chi connectivity index (χ3v) is 9.04. The number of carbonyl (C=O) groups is 4. The summed E-state index contributed by atoms with van der Waals surface area (Å²) in [6.07, 6.45) is 4.22. The van der Waals surface area contributed by atoms with Gasteiger partial charge in [0.15, 0.2) is 5.82 Å². The Labute approximate surface area is 260 Å². The smallest absolute Gasteiger partial charge is 0.270 e. The first-order valence-electron chi connectivity index (χ1n) is 13.5. The molecule has 4 N–H and O–H groups in total. The predicted molar refractivity (Wildman–Crippen MR) is 166 cm³/mol. The van der Waals surface area contributed by atoms with Gasteiger partial charge in [-0.05, 0) is 61.1 Å². The van der Waals surface area contributed by atoms with E-state index in [1.54, 1.807) is 47.7 Å². The van der Waals surface area contributed by atoms with Crippen LogP contribution >= 0.6 is 34.7 Å². The number of anilines is 1. The lowest BCUT2D eigenvalue weighted by Crippen LogP contribution is -2.43. The van der Waals surface area contributed by atoms with Gasteiger partial charge in [0.1, 0.15) is 5.88 Å². The molecule has 5 rings (SSSR count). The monoisotopic (exact) mass is 637 g/mol. The Hall–Kier alpha value is -4.20. The van der Waals surface area contributed by atoms with Crippen molar-refractivity contribution in [1.29, 1.82) is 0 Å². The molecule has 1 aliphatic carbocycles. The number of fused-ring (bicyclic) bond motifs is 1. The second-order valence-electron chi connectivity index (χ2n) is 9.58. The van der Waals surface area contributed by atoms with E-state index in [0.717, 1.165) is 48.0 Å². The van der Waals surface area contributed by atoms with Crippen molar-refractivity contribution < 1.29 is 19.2 Å². The summed E-state index contributed by atoms with van der Waals surface area (Å²) in [5, 5.41) is 12.8.